The number of hydrogen-bond donors (Lipinski definition) is 1. The Hall–Kier alpha value is -2.23. The molecule has 3 aromatic rings. The van der Waals surface area contributed by atoms with Crippen molar-refractivity contribution in [2.24, 2.45) is 0 Å². The molecule has 2 N–H and O–H groups in total. The SMILES string of the molecule is CCc1nc(N)c2cc3cccc(C)c3nc2n1. The van der Waals surface area contributed by atoms with Gasteiger partial charge in [-0.05, 0) is 18.6 Å². The molecule has 0 aliphatic rings. The average Bonchev–Trinajstić information content (AvgIpc) is 2.38. The van der Waals surface area contributed by atoms with E-state index in [4.69, 9.17) is 5.73 Å². The van der Waals surface area contributed by atoms with Crippen LogP contribution in [0.4, 0.5) is 5.82 Å². The quantitative estimate of drug-likeness (QED) is 0.662. The third-order valence-corrected chi connectivity index (χ3v) is 3.10. The number of para-hydroxylation sites is 1. The topological polar surface area (TPSA) is 64.7 Å². The van der Waals surface area contributed by atoms with Gasteiger partial charge < -0.3 is 5.73 Å². The number of anilines is 1. The third-order valence-electron chi connectivity index (χ3n) is 3.10. The van der Waals surface area contributed by atoms with Crippen LogP contribution in [-0.4, -0.2) is 15.0 Å². The van der Waals surface area contributed by atoms with Crippen molar-refractivity contribution in [3.8, 4) is 0 Å². The maximum absolute atomic E-state index is 5.97. The van der Waals surface area contributed by atoms with Gasteiger partial charge in [0.05, 0.1) is 10.9 Å². The zero-order valence-electron chi connectivity index (χ0n) is 10.4. The summed E-state index contributed by atoms with van der Waals surface area (Å²) in [4.78, 5) is 13.3. The number of pyridine rings is 1. The number of aromatic nitrogens is 3. The van der Waals surface area contributed by atoms with Crippen LogP contribution in [0.3, 0.4) is 0 Å². The molecule has 3 rings (SSSR count). The highest BCUT2D eigenvalue weighted by atomic mass is 15.0. The first kappa shape index (κ1) is 10.9. The summed E-state index contributed by atoms with van der Waals surface area (Å²) in [5.74, 6) is 1.24. The van der Waals surface area contributed by atoms with Gasteiger partial charge in [-0.15, -0.1) is 0 Å². The van der Waals surface area contributed by atoms with Crippen molar-refractivity contribution >= 4 is 27.8 Å². The maximum atomic E-state index is 5.97. The summed E-state index contributed by atoms with van der Waals surface area (Å²) in [6.45, 7) is 4.05. The Morgan fingerprint density at radius 3 is 2.78 bits per heavy atom. The van der Waals surface area contributed by atoms with E-state index < -0.39 is 0 Å². The lowest BCUT2D eigenvalue weighted by atomic mass is 10.1. The van der Waals surface area contributed by atoms with Crippen molar-refractivity contribution < 1.29 is 0 Å². The summed E-state index contributed by atoms with van der Waals surface area (Å²) in [6, 6.07) is 8.11. The first-order valence-electron chi connectivity index (χ1n) is 6.01. The van der Waals surface area contributed by atoms with Gasteiger partial charge in [0.2, 0.25) is 0 Å². The van der Waals surface area contributed by atoms with Crippen molar-refractivity contribution in [3.05, 3.63) is 35.7 Å². The highest BCUT2D eigenvalue weighted by molar-refractivity contribution is 5.96. The molecule has 0 radical (unpaired) electrons. The maximum Gasteiger partial charge on any atom is 0.165 e. The van der Waals surface area contributed by atoms with Crippen LogP contribution in [0.15, 0.2) is 24.3 Å². The number of aryl methyl sites for hydroxylation is 2. The minimum absolute atomic E-state index is 0.507. The zero-order valence-corrected chi connectivity index (χ0v) is 10.4. The van der Waals surface area contributed by atoms with Gasteiger partial charge in [0, 0.05) is 11.8 Å². The molecule has 0 bridgehead atoms. The molecule has 4 nitrogen and oxygen atoms in total. The van der Waals surface area contributed by atoms with Crippen LogP contribution < -0.4 is 5.73 Å². The minimum atomic E-state index is 0.507. The molecular weight excluding hydrogens is 224 g/mol. The smallest absolute Gasteiger partial charge is 0.165 e. The number of rotatable bonds is 1. The molecule has 2 heterocycles. The molecule has 2 aromatic heterocycles. The fourth-order valence-electron chi connectivity index (χ4n) is 2.12. The molecule has 0 amide bonds. The molecule has 0 spiro atoms. The monoisotopic (exact) mass is 238 g/mol. The number of nitrogens with two attached hydrogens (primary N) is 1. The van der Waals surface area contributed by atoms with E-state index >= 15 is 0 Å². The van der Waals surface area contributed by atoms with Crippen molar-refractivity contribution in [1.82, 2.24) is 15.0 Å². The second kappa shape index (κ2) is 3.91. The third kappa shape index (κ3) is 1.57. The van der Waals surface area contributed by atoms with Crippen molar-refractivity contribution in [2.75, 3.05) is 5.73 Å². The second-order valence-electron chi connectivity index (χ2n) is 4.38. The summed E-state index contributed by atoms with van der Waals surface area (Å²) in [7, 11) is 0. The van der Waals surface area contributed by atoms with Gasteiger partial charge >= 0.3 is 0 Å². The Labute approximate surface area is 105 Å². The fourth-order valence-corrected chi connectivity index (χ4v) is 2.12. The van der Waals surface area contributed by atoms with Crippen molar-refractivity contribution in [1.29, 1.82) is 0 Å². The van der Waals surface area contributed by atoms with E-state index in [9.17, 15) is 0 Å². The van der Waals surface area contributed by atoms with Crippen LogP contribution in [0, 0.1) is 6.92 Å². The Balaban J connectivity index is 2.45. The van der Waals surface area contributed by atoms with Gasteiger partial charge in [0.15, 0.2) is 5.65 Å². The predicted octanol–water partition coefficient (Wildman–Crippen LogP) is 2.63. The van der Waals surface area contributed by atoms with Crippen LogP contribution in [0.1, 0.15) is 18.3 Å². The zero-order chi connectivity index (χ0) is 12.7. The highest BCUT2D eigenvalue weighted by Gasteiger charge is 2.08. The lowest BCUT2D eigenvalue weighted by molar-refractivity contribution is 0.959. The van der Waals surface area contributed by atoms with E-state index in [1.54, 1.807) is 0 Å². The summed E-state index contributed by atoms with van der Waals surface area (Å²) < 4.78 is 0. The molecule has 0 fully saturated rings. The largest absolute Gasteiger partial charge is 0.383 e. The summed E-state index contributed by atoms with van der Waals surface area (Å²) in [6.07, 6.45) is 0.758. The number of nitrogen functional groups attached to an aromatic ring is 1. The molecule has 1 aromatic carbocycles. The number of nitrogens with zero attached hydrogens (tertiary/aromatic N) is 3. The predicted molar refractivity (Wildman–Crippen MR) is 73.4 cm³/mol. The van der Waals surface area contributed by atoms with Gasteiger partial charge in [-0.25, -0.2) is 15.0 Å². The van der Waals surface area contributed by atoms with Gasteiger partial charge in [-0.1, -0.05) is 25.1 Å². The molecule has 0 unspecified atom stereocenters. The van der Waals surface area contributed by atoms with E-state index in [-0.39, 0.29) is 0 Å². The van der Waals surface area contributed by atoms with Gasteiger partial charge in [-0.2, -0.15) is 0 Å². The summed E-state index contributed by atoms with van der Waals surface area (Å²) in [5.41, 5.74) is 8.77. The molecule has 4 heteroatoms. The van der Waals surface area contributed by atoms with E-state index in [2.05, 4.69) is 15.0 Å². The second-order valence-corrected chi connectivity index (χ2v) is 4.38. The molecule has 0 saturated carbocycles. The van der Waals surface area contributed by atoms with Crippen LogP contribution in [0.2, 0.25) is 0 Å². The summed E-state index contributed by atoms with van der Waals surface area (Å²) in [5, 5.41) is 1.90. The van der Waals surface area contributed by atoms with E-state index in [1.807, 2.05) is 38.1 Å². The Morgan fingerprint density at radius 1 is 1.17 bits per heavy atom. The van der Waals surface area contributed by atoms with Gasteiger partial charge in [0.25, 0.3) is 0 Å². The van der Waals surface area contributed by atoms with Gasteiger partial charge in [0.1, 0.15) is 11.6 Å². The van der Waals surface area contributed by atoms with Crippen LogP contribution in [0.5, 0.6) is 0 Å². The van der Waals surface area contributed by atoms with E-state index in [1.165, 1.54) is 0 Å². The van der Waals surface area contributed by atoms with E-state index in [0.717, 1.165) is 34.1 Å². The average molecular weight is 238 g/mol. The first-order valence-corrected chi connectivity index (χ1v) is 6.01. The normalized spacial score (nSPS) is 11.2. The summed E-state index contributed by atoms with van der Waals surface area (Å²) >= 11 is 0. The lowest BCUT2D eigenvalue weighted by Crippen LogP contribution is -2.01. The first-order chi connectivity index (χ1) is 8.69. The molecule has 0 atom stereocenters. The Morgan fingerprint density at radius 2 is 2.00 bits per heavy atom. The highest BCUT2D eigenvalue weighted by Crippen LogP contribution is 2.23. The molecular formula is C14H14N4. The molecule has 0 aliphatic heterocycles. The minimum Gasteiger partial charge on any atom is -0.383 e. The van der Waals surface area contributed by atoms with Gasteiger partial charge in [-0.3, -0.25) is 0 Å². The standard InChI is InChI=1S/C14H14N4/c1-3-11-16-13(15)10-7-9-6-4-5-8(2)12(9)18-14(10)17-11/h4-7H,3H2,1-2H3,(H2,15,16,17,18). The molecule has 90 valence electrons. The van der Waals surface area contributed by atoms with Crippen molar-refractivity contribution in [3.63, 3.8) is 0 Å². The molecule has 18 heavy (non-hydrogen) atoms. The Kier molecular flexibility index (Phi) is 2.37. The Bertz CT molecular complexity index is 749. The molecule has 0 saturated heterocycles. The van der Waals surface area contributed by atoms with E-state index in [0.29, 0.717) is 11.5 Å². The van der Waals surface area contributed by atoms with Crippen LogP contribution in [0.25, 0.3) is 21.9 Å². The number of benzene rings is 1. The lowest BCUT2D eigenvalue weighted by Gasteiger charge is -2.06. The number of hydrogen-bond acceptors (Lipinski definition) is 4. The van der Waals surface area contributed by atoms with Crippen LogP contribution >= 0.6 is 0 Å². The van der Waals surface area contributed by atoms with Crippen LogP contribution in [-0.2, 0) is 6.42 Å². The molecule has 0 aliphatic carbocycles. The fraction of sp³-hybridized carbons (Fsp3) is 0.214. The number of fused-ring (bicyclic) bond motifs is 2. The van der Waals surface area contributed by atoms with Crippen molar-refractivity contribution in [2.45, 2.75) is 20.3 Å².